The molecule has 0 amide bonds. The highest BCUT2D eigenvalue weighted by Gasteiger charge is 2.24. The number of amidine groups is 2. The second kappa shape index (κ2) is 9.36. The van der Waals surface area contributed by atoms with Gasteiger partial charge in [-0.25, -0.2) is 9.98 Å². The van der Waals surface area contributed by atoms with Gasteiger partial charge in [0.2, 0.25) is 0 Å². The average Bonchev–Trinajstić information content (AvgIpc) is 3.44. The van der Waals surface area contributed by atoms with Crippen molar-refractivity contribution in [1.82, 2.24) is 10.3 Å². The Hall–Kier alpha value is -5.81. The van der Waals surface area contributed by atoms with E-state index in [0.29, 0.717) is 0 Å². The Kier molecular flexibility index (Phi) is 5.19. The van der Waals surface area contributed by atoms with Crippen molar-refractivity contribution < 1.29 is 4.42 Å². The van der Waals surface area contributed by atoms with Crippen LogP contribution >= 0.6 is 0 Å². The van der Waals surface area contributed by atoms with Crippen molar-refractivity contribution in [3.05, 3.63) is 150 Å². The van der Waals surface area contributed by atoms with E-state index < -0.39 is 6.17 Å². The molecule has 2 aromatic heterocycles. The molecule has 0 bridgehead atoms. The predicted molar refractivity (Wildman–Crippen MR) is 176 cm³/mol. The molecule has 5 heteroatoms. The van der Waals surface area contributed by atoms with E-state index in [9.17, 15) is 0 Å². The van der Waals surface area contributed by atoms with Crippen LogP contribution in [0.2, 0.25) is 0 Å². The van der Waals surface area contributed by atoms with E-state index >= 15 is 0 Å². The maximum absolute atomic E-state index is 6.36. The first-order chi connectivity index (χ1) is 21.3. The van der Waals surface area contributed by atoms with Crippen molar-refractivity contribution in [1.29, 1.82) is 0 Å². The van der Waals surface area contributed by atoms with Gasteiger partial charge in [-0.05, 0) is 57.4 Å². The summed E-state index contributed by atoms with van der Waals surface area (Å²) in [7, 11) is 0. The molecule has 0 radical (unpaired) electrons. The minimum Gasteiger partial charge on any atom is -0.456 e. The zero-order valence-electron chi connectivity index (χ0n) is 23.0. The summed E-state index contributed by atoms with van der Waals surface area (Å²) in [4.78, 5) is 14.9. The van der Waals surface area contributed by atoms with E-state index in [1.165, 1.54) is 21.5 Å². The second-order valence-corrected chi connectivity index (χ2v) is 10.9. The Labute approximate surface area is 246 Å². The van der Waals surface area contributed by atoms with Gasteiger partial charge in [0.15, 0.2) is 6.17 Å². The summed E-state index contributed by atoms with van der Waals surface area (Å²) in [5.74, 6) is 1.55. The van der Waals surface area contributed by atoms with Crippen molar-refractivity contribution >= 4 is 66.1 Å². The molecule has 3 heterocycles. The van der Waals surface area contributed by atoms with E-state index in [1.807, 2.05) is 30.5 Å². The SMILES string of the molecule is c1ccc2cc(C3=NC(c4ccc5ccccc5c4)N=C(c4cccc5oc6cc7ncccc7cc6c45)N3)ccc2c1. The van der Waals surface area contributed by atoms with Gasteiger partial charge >= 0.3 is 0 Å². The number of rotatable bonds is 3. The third kappa shape index (κ3) is 3.97. The van der Waals surface area contributed by atoms with Crippen molar-refractivity contribution in [3.63, 3.8) is 0 Å². The number of pyridine rings is 1. The fraction of sp³-hybridized carbons (Fsp3) is 0.0263. The zero-order chi connectivity index (χ0) is 28.3. The van der Waals surface area contributed by atoms with Gasteiger partial charge in [-0.2, -0.15) is 0 Å². The van der Waals surface area contributed by atoms with Crippen LogP contribution in [-0.4, -0.2) is 16.7 Å². The molecule has 0 saturated carbocycles. The Morgan fingerprint density at radius 2 is 1.30 bits per heavy atom. The van der Waals surface area contributed by atoms with Gasteiger partial charge in [-0.3, -0.25) is 4.98 Å². The molecule has 0 spiro atoms. The van der Waals surface area contributed by atoms with Crippen LogP contribution in [0, 0.1) is 0 Å². The Morgan fingerprint density at radius 1 is 0.558 bits per heavy atom. The van der Waals surface area contributed by atoms with Crippen LogP contribution in [0.4, 0.5) is 0 Å². The lowest BCUT2D eigenvalue weighted by molar-refractivity contribution is 0.669. The molecule has 0 saturated heterocycles. The quantitative estimate of drug-likeness (QED) is 0.238. The molecule has 1 atom stereocenters. The molecule has 202 valence electrons. The van der Waals surface area contributed by atoms with Crippen LogP contribution in [0.3, 0.4) is 0 Å². The van der Waals surface area contributed by atoms with Crippen LogP contribution in [0.15, 0.2) is 148 Å². The average molecular weight is 553 g/mol. The Balaban J connectivity index is 1.25. The fourth-order valence-electron chi connectivity index (χ4n) is 6.18. The molecular weight excluding hydrogens is 528 g/mol. The molecule has 43 heavy (non-hydrogen) atoms. The molecule has 1 aliphatic heterocycles. The first kappa shape index (κ1) is 23.9. The van der Waals surface area contributed by atoms with Gasteiger partial charge in [-0.15, -0.1) is 0 Å². The molecular formula is C38H24N4O. The highest BCUT2D eigenvalue weighted by molar-refractivity contribution is 6.24. The topological polar surface area (TPSA) is 62.8 Å². The van der Waals surface area contributed by atoms with Gasteiger partial charge in [0.1, 0.15) is 22.8 Å². The van der Waals surface area contributed by atoms with E-state index in [4.69, 9.17) is 14.4 Å². The molecule has 1 aliphatic rings. The number of nitrogens with one attached hydrogen (secondary N) is 1. The van der Waals surface area contributed by atoms with Gasteiger partial charge in [-0.1, -0.05) is 91.0 Å². The lowest BCUT2D eigenvalue weighted by Gasteiger charge is -2.23. The van der Waals surface area contributed by atoms with E-state index in [0.717, 1.165) is 61.2 Å². The summed E-state index contributed by atoms with van der Waals surface area (Å²) in [6.07, 6.45) is 1.39. The minimum atomic E-state index is -0.416. The van der Waals surface area contributed by atoms with Crippen LogP contribution in [0.5, 0.6) is 0 Å². The summed E-state index contributed by atoms with van der Waals surface area (Å²) >= 11 is 0. The van der Waals surface area contributed by atoms with Crippen molar-refractivity contribution in [2.45, 2.75) is 6.17 Å². The van der Waals surface area contributed by atoms with Gasteiger partial charge in [0.05, 0.1) is 5.52 Å². The molecule has 0 aliphatic carbocycles. The largest absolute Gasteiger partial charge is 0.456 e. The summed E-state index contributed by atoms with van der Waals surface area (Å²) in [6.45, 7) is 0. The van der Waals surface area contributed by atoms with Gasteiger partial charge < -0.3 is 9.73 Å². The molecule has 0 fully saturated rings. The standard InChI is InChI=1S/C38H24N4O/c1-3-9-25-19-28(16-14-23(25)7-1)36-40-37(29-17-15-24-8-2-4-10-26(24)20-29)42-38(41-36)30-12-5-13-33-35(30)31-21-27-11-6-18-39-32(27)22-34(31)43-33/h1-22,36H,(H,40,41,42). The third-order valence-corrected chi connectivity index (χ3v) is 8.31. The molecule has 1 unspecified atom stereocenters. The fourth-order valence-corrected chi connectivity index (χ4v) is 6.18. The van der Waals surface area contributed by atoms with Gasteiger partial charge in [0, 0.05) is 39.5 Å². The molecule has 5 nitrogen and oxygen atoms in total. The summed E-state index contributed by atoms with van der Waals surface area (Å²) in [5.41, 5.74) is 5.55. The van der Waals surface area contributed by atoms with Crippen LogP contribution in [0.25, 0.3) is 54.4 Å². The smallest absolute Gasteiger partial charge is 0.169 e. The number of benzene rings is 6. The van der Waals surface area contributed by atoms with Crippen LogP contribution in [0.1, 0.15) is 22.9 Å². The van der Waals surface area contributed by atoms with Crippen LogP contribution in [-0.2, 0) is 0 Å². The lowest BCUT2D eigenvalue weighted by Crippen LogP contribution is -2.36. The van der Waals surface area contributed by atoms with Crippen molar-refractivity contribution in [3.8, 4) is 0 Å². The Morgan fingerprint density at radius 3 is 2.16 bits per heavy atom. The maximum Gasteiger partial charge on any atom is 0.169 e. The number of aromatic nitrogens is 1. The number of nitrogens with zero attached hydrogens (tertiary/aromatic N) is 3. The van der Waals surface area contributed by atoms with E-state index in [-0.39, 0.29) is 0 Å². The van der Waals surface area contributed by atoms with E-state index in [1.54, 1.807) is 0 Å². The number of aliphatic imine (C=N–C) groups is 2. The summed E-state index contributed by atoms with van der Waals surface area (Å²) < 4.78 is 6.36. The molecule has 8 aromatic rings. The number of fused-ring (bicyclic) bond motifs is 6. The van der Waals surface area contributed by atoms with Gasteiger partial charge in [0.25, 0.3) is 0 Å². The molecule has 9 rings (SSSR count). The summed E-state index contributed by atoms with van der Waals surface area (Å²) in [6, 6.07) is 44.1. The van der Waals surface area contributed by atoms with Crippen molar-refractivity contribution in [2.75, 3.05) is 0 Å². The minimum absolute atomic E-state index is 0.416. The summed E-state index contributed by atoms with van der Waals surface area (Å²) in [5, 5.41) is 11.5. The number of hydrogen-bond acceptors (Lipinski definition) is 5. The monoisotopic (exact) mass is 552 g/mol. The third-order valence-electron chi connectivity index (χ3n) is 8.31. The molecule has 6 aromatic carbocycles. The zero-order valence-corrected chi connectivity index (χ0v) is 23.0. The van der Waals surface area contributed by atoms with Crippen molar-refractivity contribution in [2.24, 2.45) is 9.98 Å². The first-order valence-electron chi connectivity index (χ1n) is 14.4. The number of furan rings is 1. The number of hydrogen-bond donors (Lipinski definition) is 1. The predicted octanol–water partition coefficient (Wildman–Crippen LogP) is 8.94. The highest BCUT2D eigenvalue weighted by Crippen LogP contribution is 2.35. The van der Waals surface area contributed by atoms with E-state index in [2.05, 4.69) is 113 Å². The molecule has 1 N–H and O–H groups in total. The highest BCUT2D eigenvalue weighted by atomic mass is 16.3. The van der Waals surface area contributed by atoms with Crippen LogP contribution < -0.4 is 5.32 Å². The normalized spacial score (nSPS) is 15.2. The first-order valence-corrected chi connectivity index (χ1v) is 14.4. The Bertz CT molecular complexity index is 2450. The second-order valence-electron chi connectivity index (χ2n) is 10.9. The maximum atomic E-state index is 6.36. The lowest BCUT2D eigenvalue weighted by atomic mass is 10.0.